The summed E-state index contributed by atoms with van der Waals surface area (Å²) in [5.41, 5.74) is 0.201. The van der Waals surface area contributed by atoms with E-state index in [1.54, 1.807) is 20.8 Å². The van der Waals surface area contributed by atoms with Gasteiger partial charge in [0, 0.05) is 27.0 Å². The molecule has 0 radical (unpaired) electrons. The number of nitrogens with zero attached hydrogens (tertiary/aromatic N) is 1. The fraction of sp³-hybridized carbons (Fsp3) is 0.800. The van der Waals surface area contributed by atoms with Crippen molar-refractivity contribution in [2.75, 3.05) is 26.4 Å². The molecule has 2 aliphatic heterocycles. The normalized spacial score (nSPS) is 27.1. The zero-order chi connectivity index (χ0) is 25.3. The molecule has 2 amide bonds. The van der Waals surface area contributed by atoms with E-state index in [9.17, 15) is 14.4 Å². The van der Waals surface area contributed by atoms with Gasteiger partial charge in [0.1, 0.15) is 11.5 Å². The zero-order valence-electron chi connectivity index (χ0n) is 21.8. The number of hydrogen-bond acceptors (Lipinski definition) is 7. The van der Waals surface area contributed by atoms with Crippen LogP contribution in [0.3, 0.4) is 0 Å². The van der Waals surface area contributed by atoms with Gasteiger partial charge in [-0.15, -0.1) is 0 Å². The zero-order valence-corrected chi connectivity index (χ0v) is 22.8. The van der Waals surface area contributed by atoms with Crippen molar-refractivity contribution < 1.29 is 33.3 Å². The minimum Gasteiger partial charge on any atom is -0.465 e. The van der Waals surface area contributed by atoms with Crippen molar-refractivity contribution in [3.05, 3.63) is 11.6 Å². The van der Waals surface area contributed by atoms with Crippen LogP contribution in [0.15, 0.2) is 11.6 Å². The molecule has 2 fully saturated rings. The van der Waals surface area contributed by atoms with Gasteiger partial charge in [-0.1, -0.05) is 32.6 Å². The summed E-state index contributed by atoms with van der Waals surface area (Å²) in [6.07, 6.45) is 3.43. The lowest BCUT2D eigenvalue weighted by molar-refractivity contribution is -0.155. The maximum absolute atomic E-state index is 13.3. The molecule has 1 aliphatic carbocycles. The number of carbonyl (C=O) groups is 3. The van der Waals surface area contributed by atoms with Crippen LogP contribution in [0.4, 0.5) is 4.79 Å². The Morgan fingerprint density at radius 3 is 2.44 bits per heavy atom. The Bertz CT molecular complexity index is 820. The first-order chi connectivity index (χ1) is 15.7. The van der Waals surface area contributed by atoms with Gasteiger partial charge in [-0.05, 0) is 51.1 Å². The Balaban J connectivity index is 1.81. The lowest BCUT2D eigenvalue weighted by Crippen LogP contribution is -2.40. The van der Waals surface area contributed by atoms with Crippen molar-refractivity contribution in [2.24, 2.45) is 17.8 Å². The quantitative estimate of drug-likeness (QED) is 0.234. The molecule has 2 saturated heterocycles. The molecule has 0 saturated carbocycles. The SMILES string of the molecule is C[C@@H]1CC=C(C[C@@H]2CN(C(=O)OC(C)(C)C)C(=O)C2C(=O)OCC[Si](C)(C)C)C2(C1)OCCO2. The Labute approximate surface area is 204 Å². The maximum atomic E-state index is 13.3. The number of rotatable bonds is 6. The lowest BCUT2D eigenvalue weighted by atomic mass is 9.79. The molecule has 8 nitrogen and oxygen atoms in total. The van der Waals surface area contributed by atoms with E-state index in [-0.39, 0.29) is 13.2 Å². The van der Waals surface area contributed by atoms with E-state index in [1.165, 1.54) is 0 Å². The molecule has 3 atom stereocenters. The second-order valence-corrected chi connectivity index (χ2v) is 17.7. The highest BCUT2D eigenvalue weighted by Gasteiger charge is 2.52. The summed E-state index contributed by atoms with van der Waals surface area (Å²) in [7, 11) is -1.41. The van der Waals surface area contributed by atoms with E-state index in [1.807, 2.05) is 0 Å². The number of esters is 1. The van der Waals surface area contributed by atoms with Gasteiger partial charge in [-0.3, -0.25) is 9.59 Å². The van der Waals surface area contributed by atoms with Gasteiger partial charge in [0.2, 0.25) is 5.91 Å². The summed E-state index contributed by atoms with van der Waals surface area (Å²) < 4.78 is 23.1. The number of ether oxygens (including phenoxy) is 4. The molecular formula is C25H41NO7Si. The van der Waals surface area contributed by atoms with Crippen molar-refractivity contribution in [1.82, 2.24) is 4.90 Å². The van der Waals surface area contributed by atoms with Crippen molar-refractivity contribution in [2.45, 2.75) is 84.0 Å². The summed E-state index contributed by atoms with van der Waals surface area (Å²) in [6, 6.07) is 0.813. The molecule has 2 heterocycles. The number of likely N-dealkylation sites (tertiary alicyclic amines) is 1. The molecule has 0 aromatic rings. The molecule has 3 aliphatic rings. The standard InChI is InChI=1S/C25H41NO7Si/c1-17-8-9-19(25(15-17)31-10-11-32-25)14-18-16-26(23(29)33-24(2,3)4)21(27)20(18)22(28)30-12-13-34(5,6)7/h9,17-18,20H,8,10-16H2,1-7H3/t17-,18-,20?/m1/s1. The van der Waals surface area contributed by atoms with Crippen molar-refractivity contribution in [3.63, 3.8) is 0 Å². The van der Waals surface area contributed by atoms with Crippen LogP contribution in [-0.4, -0.2) is 68.7 Å². The number of imide groups is 1. The van der Waals surface area contributed by atoms with Crippen LogP contribution in [0.25, 0.3) is 0 Å². The highest BCUT2D eigenvalue weighted by atomic mass is 28.3. The molecule has 34 heavy (non-hydrogen) atoms. The largest absolute Gasteiger partial charge is 0.465 e. The number of allylic oxidation sites excluding steroid dienone is 1. The van der Waals surface area contributed by atoms with Crippen LogP contribution in [0, 0.1) is 17.8 Å². The second kappa shape index (κ2) is 10.1. The average molecular weight is 496 g/mol. The molecular weight excluding hydrogens is 454 g/mol. The van der Waals surface area contributed by atoms with Crippen LogP contribution in [0.2, 0.25) is 25.7 Å². The first kappa shape index (κ1) is 26.9. The summed E-state index contributed by atoms with van der Waals surface area (Å²) >= 11 is 0. The van der Waals surface area contributed by atoms with E-state index in [4.69, 9.17) is 18.9 Å². The Morgan fingerprint density at radius 1 is 1.21 bits per heavy atom. The van der Waals surface area contributed by atoms with E-state index >= 15 is 0 Å². The lowest BCUT2D eigenvalue weighted by Gasteiger charge is -2.37. The highest BCUT2D eigenvalue weighted by molar-refractivity contribution is 6.76. The minimum absolute atomic E-state index is 0.102. The molecule has 0 N–H and O–H groups in total. The molecule has 0 bridgehead atoms. The smallest absolute Gasteiger partial charge is 0.417 e. The number of amides is 2. The molecule has 9 heteroatoms. The monoisotopic (exact) mass is 495 g/mol. The summed E-state index contributed by atoms with van der Waals surface area (Å²) in [5.74, 6) is -2.98. The Kier molecular flexibility index (Phi) is 7.99. The topological polar surface area (TPSA) is 91.4 Å². The van der Waals surface area contributed by atoms with E-state index in [2.05, 4.69) is 32.6 Å². The maximum Gasteiger partial charge on any atom is 0.417 e. The van der Waals surface area contributed by atoms with Crippen LogP contribution >= 0.6 is 0 Å². The molecule has 3 rings (SSSR count). The Morgan fingerprint density at radius 2 is 1.85 bits per heavy atom. The third-order valence-corrected chi connectivity index (χ3v) is 8.20. The number of carbonyl (C=O) groups excluding carboxylic acids is 3. The van der Waals surface area contributed by atoms with Gasteiger partial charge in [0.15, 0.2) is 5.79 Å². The summed E-state index contributed by atoms with van der Waals surface area (Å²) in [4.78, 5) is 40.3. The third-order valence-electron chi connectivity index (χ3n) is 6.49. The fourth-order valence-corrected chi connectivity index (χ4v) is 5.47. The van der Waals surface area contributed by atoms with Crippen LogP contribution in [-0.2, 0) is 28.5 Å². The number of hydrogen-bond donors (Lipinski definition) is 0. The van der Waals surface area contributed by atoms with E-state index in [0.29, 0.717) is 25.6 Å². The van der Waals surface area contributed by atoms with E-state index < -0.39 is 49.3 Å². The van der Waals surface area contributed by atoms with Gasteiger partial charge >= 0.3 is 12.1 Å². The molecule has 0 aromatic heterocycles. The second-order valence-electron chi connectivity index (χ2n) is 12.1. The highest BCUT2D eigenvalue weighted by Crippen LogP contribution is 2.44. The van der Waals surface area contributed by atoms with E-state index in [0.717, 1.165) is 29.4 Å². The van der Waals surface area contributed by atoms with Crippen molar-refractivity contribution >= 4 is 26.0 Å². The predicted octanol–water partition coefficient (Wildman–Crippen LogP) is 4.37. The van der Waals surface area contributed by atoms with Gasteiger partial charge in [0.05, 0.1) is 19.8 Å². The van der Waals surface area contributed by atoms with Crippen LogP contribution < -0.4 is 0 Å². The molecule has 192 valence electrons. The van der Waals surface area contributed by atoms with Gasteiger partial charge in [0.25, 0.3) is 0 Å². The Hall–Kier alpha value is -1.71. The first-order valence-corrected chi connectivity index (χ1v) is 16.1. The van der Waals surface area contributed by atoms with Gasteiger partial charge in [-0.25, -0.2) is 9.69 Å². The van der Waals surface area contributed by atoms with Crippen molar-refractivity contribution in [1.29, 1.82) is 0 Å². The molecule has 0 aromatic carbocycles. The molecule has 1 unspecified atom stereocenters. The molecule has 1 spiro atoms. The van der Waals surface area contributed by atoms with Crippen LogP contribution in [0.5, 0.6) is 0 Å². The van der Waals surface area contributed by atoms with Crippen molar-refractivity contribution in [3.8, 4) is 0 Å². The average Bonchev–Trinajstić information content (AvgIpc) is 3.26. The summed E-state index contributed by atoms with van der Waals surface area (Å²) in [6.45, 7) is 15.4. The van der Waals surface area contributed by atoms with Gasteiger partial charge < -0.3 is 18.9 Å². The minimum atomic E-state index is -1.41. The third kappa shape index (κ3) is 6.49. The first-order valence-electron chi connectivity index (χ1n) is 12.4. The van der Waals surface area contributed by atoms with Gasteiger partial charge in [-0.2, -0.15) is 0 Å². The fourth-order valence-electron chi connectivity index (χ4n) is 4.76. The summed E-state index contributed by atoms with van der Waals surface area (Å²) in [5, 5.41) is 0. The van der Waals surface area contributed by atoms with Crippen LogP contribution in [0.1, 0.15) is 47.0 Å². The predicted molar refractivity (Wildman–Crippen MR) is 130 cm³/mol.